The molecular weight excluding hydrogens is 318 g/mol. The predicted octanol–water partition coefficient (Wildman–Crippen LogP) is 2.96. The average Bonchev–Trinajstić information content (AvgIpc) is 3.06. The number of nitrogens with zero attached hydrogens (tertiary/aromatic N) is 3. The first kappa shape index (κ1) is 17.0. The molecule has 7 heteroatoms. The lowest BCUT2D eigenvalue weighted by molar-refractivity contribution is -0.151. The monoisotopic (exact) mass is 335 g/mol. The molecule has 2 rings (SSSR count). The van der Waals surface area contributed by atoms with Crippen LogP contribution in [0.4, 0.5) is 4.79 Å². The number of carbonyl (C=O) groups excluding carboxylic acids is 2. The number of hydrogen-bond donors (Lipinski definition) is 0. The van der Waals surface area contributed by atoms with E-state index in [-0.39, 0.29) is 6.54 Å². The standard InChI is InChI=1S/C16H18ClN3O3/c1-16(2,14(21)23-3)20(15(22)19-9-8-18-11-19)10-12-6-4-5-7-13(12)17/h4-9,11H,10H2,1-3H3. The Bertz CT molecular complexity index is 698. The second-order valence-corrected chi connectivity index (χ2v) is 5.89. The number of rotatable bonds is 4. The molecule has 0 aliphatic heterocycles. The van der Waals surface area contributed by atoms with Gasteiger partial charge in [0.25, 0.3) is 0 Å². The van der Waals surface area contributed by atoms with Gasteiger partial charge in [-0.25, -0.2) is 14.6 Å². The lowest BCUT2D eigenvalue weighted by Crippen LogP contribution is -2.54. The Morgan fingerprint density at radius 2 is 2.04 bits per heavy atom. The highest BCUT2D eigenvalue weighted by Crippen LogP contribution is 2.24. The zero-order chi connectivity index (χ0) is 17.0. The van der Waals surface area contributed by atoms with E-state index >= 15 is 0 Å². The number of esters is 1. The number of halogens is 1. The van der Waals surface area contributed by atoms with Gasteiger partial charge in [-0.05, 0) is 25.5 Å². The summed E-state index contributed by atoms with van der Waals surface area (Å²) in [5.74, 6) is -0.516. The van der Waals surface area contributed by atoms with Crippen LogP contribution in [0.15, 0.2) is 43.0 Å². The maximum atomic E-state index is 12.8. The maximum Gasteiger partial charge on any atom is 0.331 e. The third-order valence-corrected chi connectivity index (χ3v) is 3.97. The number of aromatic nitrogens is 2. The molecule has 0 saturated carbocycles. The Morgan fingerprint density at radius 3 is 2.61 bits per heavy atom. The summed E-state index contributed by atoms with van der Waals surface area (Å²) in [6.07, 6.45) is 4.40. The molecule has 1 aromatic carbocycles. The van der Waals surface area contributed by atoms with Crippen LogP contribution in [-0.4, -0.2) is 39.1 Å². The lowest BCUT2D eigenvalue weighted by atomic mass is 10.0. The molecule has 0 radical (unpaired) electrons. The number of hydrogen-bond acceptors (Lipinski definition) is 4. The Labute approximate surface area is 139 Å². The van der Waals surface area contributed by atoms with Crippen LogP contribution in [0, 0.1) is 0 Å². The van der Waals surface area contributed by atoms with E-state index < -0.39 is 17.5 Å². The highest BCUT2D eigenvalue weighted by atomic mass is 35.5. The van der Waals surface area contributed by atoms with Crippen LogP contribution < -0.4 is 0 Å². The van der Waals surface area contributed by atoms with Gasteiger partial charge in [0.05, 0.1) is 13.7 Å². The highest BCUT2D eigenvalue weighted by molar-refractivity contribution is 6.31. The van der Waals surface area contributed by atoms with Gasteiger partial charge < -0.3 is 9.64 Å². The van der Waals surface area contributed by atoms with E-state index in [1.165, 1.54) is 35.3 Å². The molecule has 0 unspecified atom stereocenters. The van der Waals surface area contributed by atoms with Gasteiger partial charge in [0, 0.05) is 17.4 Å². The molecule has 6 nitrogen and oxygen atoms in total. The Balaban J connectivity index is 2.41. The SMILES string of the molecule is COC(=O)C(C)(C)N(Cc1ccccc1Cl)C(=O)n1ccnc1. The summed E-state index contributed by atoms with van der Waals surface area (Å²) in [5.41, 5.74) is -0.436. The normalized spacial score (nSPS) is 11.1. The molecule has 0 N–H and O–H groups in total. The Morgan fingerprint density at radius 1 is 1.35 bits per heavy atom. The summed E-state index contributed by atoms with van der Waals surface area (Å²) in [4.78, 5) is 30.2. The van der Waals surface area contributed by atoms with Crippen molar-refractivity contribution in [1.29, 1.82) is 0 Å². The fourth-order valence-corrected chi connectivity index (χ4v) is 2.37. The van der Waals surface area contributed by atoms with Gasteiger partial charge in [-0.2, -0.15) is 0 Å². The second-order valence-electron chi connectivity index (χ2n) is 5.48. The van der Waals surface area contributed by atoms with Crippen molar-refractivity contribution >= 4 is 23.6 Å². The Hall–Kier alpha value is -2.34. The molecule has 0 saturated heterocycles. The van der Waals surface area contributed by atoms with Crippen molar-refractivity contribution in [3.8, 4) is 0 Å². The van der Waals surface area contributed by atoms with Gasteiger partial charge in [-0.1, -0.05) is 29.8 Å². The quantitative estimate of drug-likeness (QED) is 0.806. The van der Waals surface area contributed by atoms with E-state index in [0.717, 1.165) is 5.56 Å². The minimum atomic E-state index is -1.17. The van der Waals surface area contributed by atoms with Crippen molar-refractivity contribution in [3.05, 3.63) is 53.6 Å². The molecule has 122 valence electrons. The molecule has 0 aliphatic rings. The number of benzene rings is 1. The molecule has 0 spiro atoms. The van der Waals surface area contributed by atoms with Crippen LogP contribution in [0.3, 0.4) is 0 Å². The lowest BCUT2D eigenvalue weighted by Gasteiger charge is -2.36. The van der Waals surface area contributed by atoms with Crippen molar-refractivity contribution in [2.24, 2.45) is 0 Å². The Kier molecular flexibility index (Phi) is 5.05. The fourth-order valence-electron chi connectivity index (χ4n) is 2.17. The van der Waals surface area contributed by atoms with Crippen LogP contribution in [0.5, 0.6) is 0 Å². The van der Waals surface area contributed by atoms with E-state index in [0.29, 0.717) is 5.02 Å². The largest absolute Gasteiger partial charge is 0.467 e. The van der Waals surface area contributed by atoms with Gasteiger partial charge in [0.1, 0.15) is 11.9 Å². The zero-order valence-corrected chi connectivity index (χ0v) is 13.9. The second kappa shape index (κ2) is 6.83. The summed E-state index contributed by atoms with van der Waals surface area (Å²) < 4.78 is 6.15. The molecule has 0 bridgehead atoms. The van der Waals surface area contributed by atoms with Gasteiger partial charge in [0.15, 0.2) is 0 Å². The smallest absolute Gasteiger partial charge is 0.331 e. The first-order valence-electron chi connectivity index (χ1n) is 6.99. The molecule has 1 amide bonds. The molecule has 0 atom stereocenters. The highest BCUT2D eigenvalue weighted by Gasteiger charge is 2.39. The number of methoxy groups -OCH3 is 1. The van der Waals surface area contributed by atoms with Crippen LogP contribution in [0.2, 0.25) is 5.02 Å². The minimum Gasteiger partial charge on any atom is -0.467 e. The zero-order valence-electron chi connectivity index (χ0n) is 13.2. The van der Waals surface area contributed by atoms with Crippen molar-refractivity contribution < 1.29 is 14.3 Å². The van der Waals surface area contributed by atoms with Gasteiger partial charge >= 0.3 is 12.0 Å². The molecule has 0 fully saturated rings. The average molecular weight is 336 g/mol. The van der Waals surface area contributed by atoms with Crippen LogP contribution in [-0.2, 0) is 16.1 Å². The van der Waals surface area contributed by atoms with E-state index in [2.05, 4.69) is 4.98 Å². The van der Waals surface area contributed by atoms with Gasteiger partial charge in [-0.3, -0.25) is 4.57 Å². The van der Waals surface area contributed by atoms with Crippen molar-refractivity contribution in [2.75, 3.05) is 7.11 Å². The molecule has 2 aromatic rings. The first-order chi connectivity index (χ1) is 10.9. The number of imidazole rings is 1. The van der Waals surface area contributed by atoms with Crippen LogP contribution in [0.1, 0.15) is 19.4 Å². The molecular formula is C16H18ClN3O3. The molecule has 0 aliphatic carbocycles. The molecule has 23 heavy (non-hydrogen) atoms. The van der Waals surface area contributed by atoms with Crippen LogP contribution in [0.25, 0.3) is 0 Å². The molecule has 1 heterocycles. The minimum absolute atomic E-state index is 0.165. The van der Waals surface area contributed by atoms with E-state index in [9.17, 15) is 9.59 Å². The topological polar surface area (TPSA) is 64.4 Å². The maximum absolute atomic E-state index is 12.8. The van der Waals surface area contributed by atoms with E-state index in [1.54, 1.807) is 26.0 Å². The summed E-state index contributed by atoms with van der Waals surface area (Å²) in [6.45, 7) is 3.42. The van der Waals surface area contributed by atoms with E-state index in [1.807, 2.05) is 12.1 Å². The number of amides is 1. The molecule has 1 aromatic heterocycles. The summed E-state index contributed by atoms with van der Waals surface area (Å²) >= 11 is 6.19. The first-order valence-corrected chi connectivity index (χ1v) is 7.37. The predicted molar refractivity (Wildman–Crippen MR) is 86.1 cm³/mol. The number of ether oxygens (including phenoxy) is 1. The third-order valence-electron chi connectivity index (χ3n) is 3.60. The fraction of sp³-hybridized carbons (Fsp3) is 0.312. The van der Waals surface area contributed by atoms with Crippen molar-refractivity contribution in [1.82, 2.24) is 14.5 Å². The third kappa shape index (κ3) is 3.53. The van der Waals surface area contributed by atoms with Gasteiger partial charge in [-0.15, -0.1) is 0 Å². The number of carbonyl (C=O) groups is 2. The van der Waals surface area contributed by atoms with Gasteiger partial charge in [0.2, 0.25) is 0 Å². The van der Waals surface area contributed by atoms with Crippen molar-refractivity contribution in [3.63, 3.8) is 0 Å². The summed E-state index contributed by atoms with van der Waals surface area (Å²) in [5, 5.41) is 0.525. The summed E-state index contributed by atoms with van der Waals surface area (Å²) in [7, 11) is 1.29. The van der Waals surface area contributed by atoms with E-state index in [4.69, 9.17) is 16.3 Å². The van der Waals surface area contributed by atoms with Crippen LogP contribution >= 0.6 is 11.6 Å². The van der Waals surface area contributed by atoms with Crippen molar-refractivity contribution in [2.45, 2.75) is 25.9 Å². The summed E-state index contributed by atoms with van der Waals surface area (Å²) in [6, 6.07) is 6.79.